The van der Waals surface area contributed by atoms with Gasteiger partial charge in [-0.3, -0.25) is 0 Å². The Morgan fingerprint density at radius 1 is 1.33 bits per heavy atom. The van der Waals surface area contributed by atoms with Crippen molar-refractivity contribution in [2.75, 3.05) is 19.3 Å². The quantitative estimate of drug-likeness (QED) is 0.805. The molecule has 2 N–H and O–H groups in total. The highest BCUT2D eigenvalue weighted by molar-refractivity contribution is 8.01. The van der Waals surface area contributed by atoms with Gasteiger partial charge in [-0.05, 0) is 43.7 Å². The smallest absolute Gasteiger partial charge is 0.215 e. The fourth-order valence-corrected chi connectivity index (χ4v) is 5.14. The molecule has 6 heteroatoms. The number of hydrogen-bond donors (Lipinski definition) is 2. The van der Waals surface area contributed by atoms with Gasteiger partial charge >= 0.3 is 0 Å². The zero-order chi connectivity index (χ0) is 15.3. The molecule has 0 aliphatic carbocycles. The van der Waals surface area contributed by atoms with E-state index in [0.29, 0.717) is 6.54 Å². The minimum absolute atomic E-state index is 0.0469. The van der Waals surface area contributed by atoms with Crippen molar-refractivity contribution in [1.29, 1.82) is 0 Å². The molecule has 4 nitrogen and oxygen atoms in total. The van der Waals surface area contributed by atoms with Crippen molar-refractivity contribution in [3.63, 3.8) is 0 Å². The Kier molecular flexibility index (Phi) is 5.71. The second-order valence-electron chi connectivity index (χ2n) is 5.83. The van der Waals surface area contributed by atoms with Crippen LogP contribution in [0, 0.1) is 0 Å². The van der Waals surface area contributed by atoms with Crippen LogP contribution in [0.1, 0.15) is 30.9 Å². The van der Waals surface area contributed by atoms with Crippen molar-refractivity contribution in [3.8, 4) is 0 Å². The van der Waals surface area contributed by atoms with Gasteiger partial charge in [0.25, 0.3) is 0 Å². The second-order valence-corrected chi connectivity index (χ2v) is 9.32. The van der Waals surface area contributed by atoms with Gasteiger partial charge in [0.05, 0.1) is 5.75 Å². The Hall–Kier alpha value is -0.560. The minimum Gasteiger partial charge on any atom is -0.316 e. The third kappa shape index (κ3) is 5.29. The second kappa shape index (κ2) is 7.13. The minimum atomic E-state index is -3.28. The first-order valence-corrected chi connectivity index (χ1v) is 9.90. The Labute approximate surface area is 132 Å². The number of sulfonamides is 1. The van der Waals surface area contributed by atoms with Gasteiger partial charge in [-0.25, -0.2) is 13.1 Å². The lowest BCUT2D eigenvalue weighted by molar-refractivity contribution is 0.552. The van der Waals surface area contributed by atoms with Crippen LogP contribution < -0.4 is 10.0 Å². The monoisotopic (exact) mass is 328 g/mol. The SMILES string of the molecule is CNCc1cccc(CS(=O)(=O)NCC2(C)CCCS2)c1. The number of rotatable bonds is 7. The molecule has 0 radical (unpaired) electrons. The van der Waals surface area contributed by atoms with Crippen LogP contribution in [-0.4, -0.2) is 32.5 Å². The van der Waals surface area contributed by atoms with Gasteiger partial charge < -0.3 is 5.32 Å². The molecule has 1 saturated heterocycles. The normalized spacial score (nSPS) is 22.6. The Morgan fingerprint density at radius 2 is 2.10 bits per heavy atom. The Bertz CT molecular complexity index is 567. The van der Waals surface area contributed by atoms with E-state index in [1.807, 2.05) is 43.1 Å². The van der Waals surface area contributed by atoms with Crippen molar-refractivity contribution in [2.24, 2.45) is 0 Å². The van der Waals surface area contributed by atoms with E-state index in [9.17, 15) is 8.42 Å². The molecule has 2 rings (SSSR count). The van der Waals surface area contributed by atoms with Crippen LogP contribution in [0.2, 0.25) is 0 Å². The molecule has 0 aromatic heterocycles. The van der Waals surface area contributed by atoms with Gasteiger partial charge in [-0.2, -0.15) is 11.8 Å². The molecule has 0 saturated carbocycles. The van der Waals surface area contributed by atoms with Crippen LogP contribution in [0.25, 0.3) is 0 Å². The zero-order valence-corrected chi connectivity index (χ0v) is 14.3. The molecule has 118 valence electrons. The maximum atomic E-state index is 12.2. The summed E-state index contributed by atoms with van der Waals surface area (Å²) in [6, 6.07) is 7.72. The predicted molar refractivity (Wildman–Crippen MR) is 89.9 cm³/mol. The Morgan fingerprint density at radius 3 is 2.76 bits per heavy atom. The van der Waals surface area contributed by atoms with E-state index in [1.54, 1.807) is 0 Å². The molecule has 1 aliphatic rings. The maximum Gasteiger partial charge on any atom is 0.215 e. The van der Waals surface area contributed by atoms with Crippen LogP contribution in [0.4, 0.5) is 0 Å². The largest absolute Gasteiger partial charge is 0.316 e. The number of hydrogen-bond acceptors (Lipinski definition) is 4. The van der Waals surface area contributed by atoms with Crippen LogP contribution in [0.15, 0.2) is 24.3 Å². The summed E-state index contributed by atoms with van der Waals surface area (Å²) in [7, 11) is -1.40. The third-order valence-electron chi connectivity index (χ3n) is 3.70. The lowest BCUT2D eigenvalue weighted by Crippen LogP contribution is -2.37. The molecule has 21 heavy (non-hydrogen) atoms. The van der Waals surface area contributed by atoms with Crippen LogP contribution in [-0.2, 0) is 22.3 Å². The highest BCUT2D eigenvalue weighted by Gasteiger charge is 2.30. The average Bonchev–Trinajstić information content (AvgIpc) is 2.85. The molecular weight excluding hydrogens is 304 g/mol. The molecule has 1 aliphatic heterocycles. The van der Waals surface area contributed by atoms with Crippen LogP contribution in [0.3, 0.4) is 0 Å². The topological polar surface area (TPSA) is 58.2 Å². The number of nitrogens with one attached hydrogen (secondary N) is 2. The van der Waals surface area contributed by atoms with E-state index in [-0.39, 0.29) is 10.5 Å². The lowest BCUT2D eigenvalue weighted by Gasteiger charge is -2.22. The highest BCUT2D eigenvalue weighted by Crippen LogP contribution is 2.37. The van der Waals surface area contributed by atoms with Gasteiger partial charge in [0.1, 0.15) is 0 Å². The molecule has 0 amide bonds. The average molecular weight is 329 g/mol. The fourth-order valence-electron chi connectivity index (χ4n) is 2.54. The zero-order valence-electron chi connectivity index (χ0n) is 12.7. The van der Waals surface area contributed by atoms with Gasteiger partial charge in [-0.15, -0.1) is 0 Å². The van der Waals surface area contributed by atoms with Gasteiger partial charge in [-0.1, -0.05) is 24.3 Å². The van der Waals surface area contributed by atoms with Gasteiger partial charge in [0.2, 0.25) is 10.0 Å². The molecule has 1 fully saturated rings. The van der Waals surface area contributed by atoms with Crippen LogP contribution in [0.5, 0.6) is 0 Å². The van der Waals surface area contributed by atoms with Crippen LogP contribution >= 0.6 is 11.8 Å². The third-order valence-corrected chi connectivity index (χ3v) is 6.53. The standard InChI is InChI=1S/C15H24N2O2S2/c1-15(7-4-8-20-15)12-17-21(18,19)11-14-6-3-5-13(9-14)10-16-2/h3,5-6,9,16-17H,4,7-8,10-12H2,1-2H3. The summed E-state index contributed by atoms with van der Waals surface area (Å²) in [6.07, 6.45) is 2.26. The summed E-state index contributed by atoms with van der Waals surface area (Å²) in [5.74, 6) is 1.18. The van der Waals surface area contributed by atoms with E-state index in [1.165, 1.54) is 6.42 Å². The summed E-state index contributed by atoms with van der Waals surface area (Å²) in [6.45, 7) is 3.41. The summed E-state index contributed by atoms with van der Waals surface area (Å²) >= 11 is 1.87. The molecule has 1 aromatic carbocycles. The molecule has 1 atom stereocenters. The first-order chi connectivity index (χ1) is 9.92. The first kappa shape index (κ1) is 16.8. The molecule has 1 unspecified atom stereocenters. The first-order valence-electron chi connectivity index (χ1n) is 7.26. The molecular formula is C15H24N2O2S2. The fraction of sp³-hybridized carbons (Fsp3) is 0.600. The van der Waals surface area contributed by atoms with Gasteiger partial charge in [0.15, 0.2) is 0 Å². The molecule has 1 aromatic rings. The van der Waals surface area contributed by atoms with E-state index < -0.39 is 10.0 Å². The number of thioether (sulfide) groups is 1. The lowest BCUT2D eigenvalue weighted by atomic mass is 10.1. The highest BCUT2D eigenvalue weighted by atomic mass is 32.2. The molecule has 1 heterocycles. The van der Waals surface area contributed by atoms with E-state index >= 15 is 0 Å². The van der Waals surface area contributed by atoms with E-state index in [2.05, 4.69) is 17.0 Å². The Balaban J connectivity index is 1.95. The molecule has 0 bridgehead atoms. The van der Waals surface area contributed by atoms with Crippen molar-refractivity contribution < 1.29 is 8.42 Å². The summed E-state index contributed by atoms with van der Waals surface area (Å²) < 4.78 is 27.3. The summed E-state index contributed by atoms with van der Waals surface area (Å²) in [5.41, 5.74) is 1.93. The number of benzene rings is 1. The van der Waals surface area contributed by atoms with Crippen molar-refractivity contribution in [2.45, 2.75) is 36.8 Å². The summed E-state index contributed by atoms with van der Waals surface area (Å²) in [4.78, 5) is 0. The molecule has 0 spiro atoms. The van der Waals surface area contributed by atoms with E-state index in [0.717, 1.165) is 29.8 Å². The van der Waals surface area contributed by atoms with E-state index in [4.69, 9.17) is 0 Å². The summed E-state index contributed by atoms with van der Waals surface area (Å²) in [5, 5.41) is 3.07. The van der Waals surface area contributed by atoms with Gasteiger partial charge in [0, 0.05) is 17.8 Å². The van der Waals surface area contributed by atoms with Crippen molar-refractivity contribution >= 4 is 21.8 Å². The van der Waals surface area contributed by atoms with Crippen molar-refractivity contribution in [3.05, 3.63) is 35.4 Å². The maximum absolute atomic E-state index is 12.2. The van der Waals surface area contributed by atoms with Crippen molar-refractivity contribution in [1.82, 2.24) is 10.0 Å². The predicted octanol–water partition coefficient (Wildman–Crippen LogP) is 2.11.